The van der Waals surface area contributed by atoms with Crippen LogP contribution in [0.1, 0.15) is 19.4 Å². The predicted molar refractivity (Wildman–Crippen MR) is 72.5 cm³/mol. The summed E-state index contributed by atoms with van der Waals surface area (Å²) in [7, 11) is 0. The molecule has 1 atom stereocenters. The van der Waals surface area contributed by atoms with Crippen LogP contribution in [0, 0.1) is 0 Å². The molecule has 0 aromatic heterocycles. The van der Waals surface area contributed by atoms with Gasteiger partial charge in [-0.1, -0.05) is 0 Å². The van der Waals surface area contributed by atoms with Gasteiger partial charge in [0.25, 0.3) is 0 Å². The molecule has 1 aliphatic rings. The molecule has 1 amide bonds. The van der Waals surface area contributed by atoms with Crippen LogP contribution in [0.2, 0.25) is 0 Å². The number of rotatable bonds is 3. The summed E-state index contributed by atoms with van der Waals surface area (Å²) in [5.41, 5.74) is 8.09. The van der Waals surface area contributed by atoms with Crippen molar-refractivity contribution in [1.29, 1.82) is 0 Å². The van der Waals surface area contributed by atoms with E-state index in [0.717, 1.165) is 24.4 Å². The van der Waals surface area contributed by atoms with Gasteiger partial charge in [-0.05, 0) is 37.1 Å². The summed E-state index contributed by atoms with van der Waals surface area (Å²) in [5, 5.41) is 0. The fourth-order valence-corrected chi connectivity index (χ4v) is 2.87. The Balaban J connectivity index is 2.14. The van der Waals surface area contributed by atoms with Crippen molar-refractivity contribution in [2.24, 2.45) is 5.73 Å². The van der Waals surface area contributed by atoms with E-state index in [2.05, 4.69) is 12.1 Å². The number of nitrogens with two attached hydrogens (primary N) is 1. The summed E-state index contributed by atoms with van der Waals surface area (Å²) in [6.07, 6.45) is 0.960. The molecule has 2 rings (SSSR count). The van der Waals surface area contributed by atoms with Gasteiger partial charge in [-0.25, -0.2) is 0 Å². The minimum absolute atomic E-state index is 0.125. The number of carbonyl (C=O) groups excluding carboxylic acids is 1. The van der Waals surface area contributed by atoms with E-state index in [1.54, 1.807) is 18.7 Å². The molecular formula is C13H18N2OS. The van der Waals surface area contributed by atoms with Crippen LogP contribution in [-0.4, -0.2) is 24.2 Å². The Bertz CT molecular complexity index is 431. The average molecular weight is 250 g/mol. The molecule has 1 unspecified atom stereocenters. The molecule has 0 aliphatic carbocycles. The van der Waals surface area contributed by atoms with Gasteiger partial charge in [0.05, 0.1) is 0 Å². The third kappa shape index (κ3) is 2.82. The second-order valence-electron chi connectivity index (χ2n) is 4.50. The quantitative estimate of drug-likeness (QED) is 0.835. The number of thioether (sulfide) groups is 1. The van der Waals surface area contributed by atoms with Crippen molar-refractivity contribution in [3.05, 3.63) is 23.8 Å². The highest BCUT2D eigenvalue weighted by atomic mass is 32.2. The summed E-state index contributed by atoms with van der Waals surface area (Å²) in [6.45, 7) is 4.44. The average Bonchev–Trinajstić information content (AvgIpc) is 2.69. The monoisotopic (exact) mass is 250 g/mol. The zero-order valence-electron chi connectivity index (χ0n) is 10.3. The van der Waals surface area contributed by atoms with Crippen molar-refractivity contribution < 1.29 is 4.79 Å². The molecule has 17 heavy (non-hydrogen) atoms. The van der Waals surface area contributed by atoms with Crippen LogP contribution in [0.25, 0.3) is 0 Å². The van der Waals surface area contributed by atoms with Gasteiger partial charge in [0.2, 0.25) is 5.91 Å². The Kier molecular flexibility index (Phi) is 3.74. The summed E-state index contributed by atoms with van der Waals surface area (Å²) < 4.78 is 0. The minimum Gasteiger partial charge on any atom is -0.327 e. The van der Waals surface area contributed by atoms with Gasteiger partial charge in [0.15, 0.2) is 0 Å². The van der Waals surface area contributed by atoms with Gasteiger partial charge < -0.3 is 10.6 Å². The zero-order valence-corrected chi connectivity index (χ0v) is 11.1. The van der Waals surface area contributed by atoms with E-state index in [-0.39, 0.29) is 11.9 Å². The first-order chi connectivity index (χ1) is 8.08. The summed E-state index contributed by atoms with van der Waals surface area (Å²) in [4.78, 5) is 14.5. The third-order valence-corrected chi connectivity index (χ3v) is 4.12. The Morgan fingerprint density at radius 1 is 1.59 bits per heavy atom. The van der Waals surface area contributed by atoms with E-state index in [0.29, 0.717) is 0 Å². The Morgan fingerprint density at radius 2 is 2.35 bits per heavy atom. The van der Waals surface area contributed by atoms with E-state index < -0.39 is 0 Å². The Morgan fingerprint density at radius 3 is 3.00 bits per heavy atom. The first-order valence-electron chi connectivity index (χ1n) is 5.87. The minimum atomic E-state index is 0.125. The van der Waals surface area contributed by atoms with E-state index >= 15 is 0 Å². The molecule has 1 aromatic carbocycles. The summed E-state index contributed by atoms with van der Waals surface area (Å²) >= 11 is 1.78. The van der Waals surface area contributed by atoms with Gasteiger partial charge in [0.1, 0.15) is 0 Å². The van der Waals surface area contributed by atoms with Gasteiger partial charge >= 0.3 is 0 Å². The second-order valence-corrected chi connectivity index (χ2v) is 5.59. The molecule has 1 aliphatic heterocycles. The van der Waals surface area contributed by atoms with Gasteiger partial charge in [-0.15, -0.1) is 11.8 Å². The summed E-state index contributed by atoms with van der Waals surface area (Å²) in [6, 6.07) is 6.52. The highest BCUT2D eigenvalue weighted by Gasteiger charge is 2.21. The number of nitrogens with zero attached hydrogens (tertiary/aromatic N) is 1. The highest BCUT2D eigenvalue weighted by molar-refractivity contribution is 7.99. The van der Waals surface area contributed by atoms with Gasteiger partial charge in [-0.3, -0.25) is 4.79 Å². The maximum Gasteiger partial charge on any atom is 0.223 e. The van der Waals surface area contributed by atoms with E-state index in [1.807, 2.05) is 17.9 Å². The molecule has 2 N–H and O–H groups in total. The van der Waals surface area contributed by atoms with E-state index in [9.17, 15) is 4.79 Å². The van der Waals surface area contributed by atoms with E-state index in [4.69, 9.17) is 5.73 Å². The number of hydrogen-bond donors (Lipinski definition) is 1. The Labute approximate surface area is 106 Å². The SMILES string of the molecule is CC(=O)N1CCc2cc(SCC(C)N)ccc21. The van der Waals surface area contributed by atoms with Crippen LogP contribution < -0.4 is 10.6 Å². The van der Waals surface area contributed by atoms with Crippen molar-refractivity contribution in [2.75, 3.05) is 17.2 Å². The van der Waals surface area contributed by atoms with E-state index in [1.165, 1.54) is 10.5 Å². The lowest BCUT2D eigenvalue weighted by Crippen LogP contribution is -2.25. The zero-order chi connectivity index (χ0) is 12.4. The number of benzene rings is 1. The topological polar surface area (TPSA) is 46.3 Å². The number of anilines is 1. The van der Waals surface area contributed by atoms with Crippen LogP contribution >= 0.6 is 11.8 Å². The highest BCUT2D eigenvalue weighted by Crippen LogP contribution is 2.32. The molecule has 0 fully saturated rings. The maximum atomic E-state index is 11.4. The molecule has 0 saturated carbocycles. The van der Waals surface area contributed by atoms with Crippen molar-refractivity contribution in [3.8, 4) is 0 Å². The van der Waals surface area contributed by atoms with Crippen molar-refractivity contribution in [3.63, 3.8) is 0 Å². The van der Waals surface area contributed by atoms with Gasteiger partial charge in [-0.2, -0.15) is 0 Å². The fraction of sp³-hybridized carbons (Fsp3) is 0.462. The second kappa shape index (κ2) is 5.10. The molecule has 0 radical (unpaired) electrons. The molecule has 3 nitrogen and oxygen atoms in total. The van der Waals surface area contributed by atoms with Crippen molar-refractivity contribution in [1.82, 2.24) is 0 Å². The fourth-order valence-electron chi connectivity index (χ4n) is 2.02. The molecule has 0 spiro atoms. The smallest absolute Gasteiger partial charge is 0.223 e. The third-order valence-electron chi connectivity index (χ3n) is 2.84. The molecule has 1 aromatic rings. The summed E-state index contributed by atoms with van der Waals surface area (Å²) in [5.74, 6) is 1.05. The lowest BCUT2D eigenvalue weighted by atomic mass is 10.2. The van der Waals surface area contributed by atoms with Crippen LogP contribution in [-0.2, 0) is 11.2 Å². The largest absolute Gasteiger partial charge is 0.327 e. The molecule has 4 heteroatoms. The molecule has 1 heterocycles. The van der Waals surface area contributed by atoms with Crippen LogP contribution in [0.3, 0.4) is 0 Å². The molecular weight excluding hydrogens is 232 g/mol. The first-order valence-corrected chi connectivity index (χ1v) is 6.86. The van der Waals surface area contributed by atoms with Gasteiger partial charge in [0, 0.05) is 35.8 Å². The predicted octanol–water partition coefficient (Wildman–Crippen LogP) is 2.03. The van der Waals surface area contributed by atoms with Crippen LogP contribution in [0.4, 0.5) is 5.69 Å². The number of amides is 1. The number of fused-ring (bicyclic) bond motifs is 1. The van der Waals surface area contributed by atoms with Crippen molar-refractivity contribution in [2.45, 2.75) is 31.2 Å². The van der Waals surface area contributed by atoms with Crippen LogP contribution in [0.5, 0.6) is 0 Å². The number of hydrogen-bond acceptors (Lipinski definition) is 3. The Hall–Kier alpha value is -1.00. The normalized spacial score (nSPS) is 15.8. The first kappa shape index (κ1) is 12.5. The van der Waals surface area contributed by atoms with Crippen molar-refractivity contribution >= 4 is 23.4 Å². The maximum absolute atomic E-state index is 11.4. The molecule has 92 valence electrons. The standard InChI is InChI=1S/C13H18N2OS/c1-9(14)8-17-12-3-4-13-11(7-12)5-6-15(13)10(2)16/h3-4,7,9H,5-6,8,14H2,1-2H3. The molecule has 0 bridgehead atoms. The lowest BCUT2D eigenvalue weighted by Gasteiger charge is -2.14. The lowest BCUT2D eigenvalue weighted by molar-refractivity contribution is -0.116. The number of carbonyl (C=O) groups is 1. The van der Waals surface area contributed by atoms with Crippen LogP contribution in [0.15, 0.2) is 23.1 Å². The molecule has 0 saturated heterocycles.